The van der Waals surface area contributed by atoms with Gasteiger partial charge in [0.15, 0.2) is 0 Å². The topological polar surface area (TPSA) is 91.1 Å². The Bertz CT molecular complexity index is 792. The van der Waals surface area contributed by atoms with Crippen LogP contribution in [0.15, 0.2) is 23.0 Å². The SMILES string of the molecule is Cc1cc(C)c(CNC(=O)CNC(=O)c2ccc(C)s2)c(=O)[nH]1. The summed E-state index contributed by atoms with van der Waals surface area (Å²) in [5.74, 6) is -0.617. The number of carbonyl (C=O) groups is 2. The number of hydrogen-bond acceptors (Lipinski definition) is 4. The molecule has 0 spiro atoms. The summed E-state index contributed by atoms with van der Waals surface area (Å²) in [6.45, 7) is 5.55. The molecule has 2 amide bonds. The van der Waals surface area contributed by atoms with E-state index in [2.05, 4.69) is 15.6 Å². The van der Waals surface area contributed by atoms with Crippen LogP contribution in [0.2, 0.25) is 0 Å². The second-order valence-corrected chi connectivity index (χ2v) is 6.60. The van der Waals surface area contributed by atoms with Crippen molar-refractivity contribution >= 4 is 23.2 Å². The molecule has 2 rings (SSSR count). The van der Waals surface area contributed by atoms with Gasteiger partial charge in [-0.25, -0.2) is 0 Å². The Balaban J connectivity index is 1.86. The minimum Gasteiger partial charge on any atom is -0.350 e. The molecule has 0 bridgehead atoms. The second kappa shape index (κ2) is 7.23. The molecule has 0 aromatic carbocycles. The Labute approximate surface area is 137 Å². The van der Waals surface area contributed by atoms with Gasteiger partial charge in [0.1, 0.15) is 0 Å². The molecule has 0 aliphatic carbocycles. The van der Waals surface area contributed by atoms with E-state index >= 15 is 0 Å². The van der Waals surface area contributed by atoms with Gasteiger partial charge in [-0.15, -0.1) is 11.3 Å². The molecular formula is C16H19N3O3S. The van der Waals surface area contributed by atoms with Gasteiger partial charge in [0.2, 0.25) is 5.91 Å². The van der Waals surface area contributed by atoms with Crippen molar-refractivity contribution in [3.05, 3.63) is 55.1 Å². The maximum Gasteiger partial charge on any atom is 0.261 e. The van der Waals surface area contributed by atoms with Crippen molar-refractivity contribution in [3.8, 4) is 0 Å². The van der Waals surface area contributed by atoms with Crippen LogP contribution < -0.4 is 16.2 Å². The first-order valence-electron chi connectivity index (χ1n) is 7.17. The van der Waals surface area contributed by atoms with Gasteiger partial charge < -0.3 is 15.6 Å². The molecule has 0 aliphatic heterocycles. The molecule has 2 aromatic heterocycles. The molecule has 2 heterocycles. The molecular weight excluding hydrogens is 314 g/mol. The van der Waals surface area contributed by atoms with Crippen LogP contribution in [0.1, 0.15) is 31.4 Å². The molecule has 122 valence electrons. The third kappa shape index (κ3) is 4.53. The fourth-order valence-corrected chi connectivity index (χ4v) is 2.94. The number of carbonyl (C=O) groups excluding carboxylic acids is 2. The number of aromatic nitrogens is 1. The number of aromatic amines is 1. The summed E-state index contributed by atoms with van der Waals surface area (Å²) in [6, 6.07) is 5.43. The van der Waals surface area contributed by atoms with Crippen LogP contribution in [0.3, 0.4) is 0 Å². The van der Waals surface area contributed by atoms with Gasteiger partial charge in [0, 0.05) is 22.7 Å². The average Bonchev–Trinajstić information content (AvgIpc) is 2.90. The highest BCUT2D eigenvalue weighted by Crippen LogP contribution is 2.14. The Morgan fingerprint density at radius 1 is 1.17 bits per heavy atom. The average molecular weight is 333 g/mol. The van der Waals surface area contributed by atoms with Crippen LogP contribution in [0.25, 0.3) is 0 Å². The zero-order valence-corrected chi connectivity index (χ0v) is 14.1. The second-order valence-electron chi connectivity index (χ2n) is 5.31. The maximum atomic E-state index is 11.9. The molecule has 6 nitrogen and oxygen atoms in total. The van der Waals surface area contributed by atoms with E-state index in [4.69, 9.17) is 0 Å². The van der Waals surface area contributed by atoms with Crippen molar-refractivity contribution in [1.29, 1.82) is 0 Å². The zero-order chi connectivity index (χ0) is 17.0. The number of amides is 2. The molecule has 3 N–H and O–H groups in total. The first kappa shape index (κ1) is 17.0. The largest absolute Gasteiger partial charge is 0.350 e. The molecule has 0 radical (unpaired) electrons. The molecule has 0 atom stereocenters. The number of rotatable bonds is 5. The van der Waals surface area contributed by atoms with Crippen molar-refractivity contribution in [3.63, 3.8) is 0 Å². The van der Waals surface area contributed by atoms with Crippen molar-refractivity contribution in [2.24, 2.45) is 0 Å². The van der Waals surface area contributed by atoms with Crippen molar-refractivity contribution in [2.75, 3.05) is 6.54 Å². The number of H-pyrrole nitrogens is 1. The van der Waals surface area contributed by atoms with Crippen LogP contribution >= 0.6 is 11.3 Å². The Morgan fingerprint density at radius 3 is 2.52 bits per heavy atom. The summed E-state index contributed by atoms with van der Waals surface area (Å²) in [6.07, 6.45) is 0. The Morgan fingerprint density at radius 2 is 1.91 bits per heavy atom. The van der Waals surface area contributed by atoms with E-state index in [9.17, 15) is 14.4 Å². The number of nitrogens with one attached hydrogen (secondary N) is 3. The van der Waals surface area contributed by atoms with E-state index in [0.717, 1.165) is 16.1 Å². The first-order chi connectivity index (χ1) is 10.9. The fraction of sp³-hybridized carbons (Fsp3) is 0.312. The first-order valence-corrected chi connectivity index (χ1v) is 7.99. The van der Waals surface area contributed by atoms with Gasteiger partial charge in [0.05, 0.1) is 11.4 Å². The standard InChI is InChI=1S/C16H19N3O3S/c1-9-6-10(2)19-15(21)12(9)7-17-14(20)8-18-16(22)13-5-4-11(3)23-13/h4-6H,7-8H2,1-3H3,(H,17,20)(H,18,22)(H,19,21). The number of aryl methyl sites for hydroxylation is 3. The van der Waals surface area contributed by atoms with Gasteiger partial charge in [-0.05, 0) is 44.5 Å². The Kier molecular flexibility index (Phi) is 5.33. The lowest BCUT2D eigenvalue weighted by molar-refractivity contribution is -0.120. The highest BCUT2D eigenvalue weighted by atomic mass is 32.1. The van der Waals surface area contributed by atoms with E-state index in [1.807, 2.05) is 26.0 Å². The number of hydrogen-bond donors (Lipinski definition) is 3. The van der Waals surface area contributed by atoms with Crippen LogP contribution in [-0.2, 0) is 11.3 Å². The van der Waals surface area contributed by atoms with Crippen LogP contribution in [-0.4, -0.2) is 23.3 Å². The summed E-state index contributed by atoms with van der Waals surface area (Å²) < 4.78 is 0. The lowest BCUT2D eigenvalue weighted by Crippen LogP contribution is -2.37. The molecule has 23 heavy (non-hydrogen) atoms. The third-order valence-corrected chi connectivity index (χ3v) is 4.33. The lowest BCUT2D eigenvalue weighted by atomic mass is 10.1. The van der Waals surface area contributed by atoms with E-state index in [0.29, 0.717) is 10.4 Å². The smallest absolute Gasteiger partial charge is 0.261 e. The van der Waals surface area contributed by atoms with Crippen molar-refractivity contribution in [2.45, 2.75) is 27.3 Å². The monoisotopic (exact) mass is 333 g/mol. The molecule has 0 saturated heterocycles. The molecule has 0 fully saturated rings. The van der Waals surface area contributed by atoms with Crippen LogP contribution in [0, 0.1) is 20.8 Å². The van der Waals surface area contributed by atoms with Gasteiger partial charge in [0.25, 0.3) is 11.5 Å². The predicted molar refractivity (Wildman–Crippen MR) is 89.8 cm³/mol. The van der Waals surface area contributed by atoms with Gasteiger partial charge in [-0.3, -0.25) is 14.4 Å². The van der Waals surface area contributed by atoms with E-state index in [1.165, 1.54) is 11.3 Å². The molecule has 0 saturated carbocycles. The summed E-state index contributed by atoms with van der Waals surface area (Å²) in [4.78, 5) is 39.8. The summed E-state index contributed by atoms with van der Waals surface area (Å²) in [5.41, 5.74) is 1.91. The summed E-state index contributed by atoms with van der Waals surface area (Å²) in [7, 11) is 0. The van der Waals surface area contributed by atoms with Crippen molar-refractivity contribution < 1.29 is 9.59 Å². The lowest BCUT2D eigenvalue weighted by Gasteiger charge is -2.08. The van der Waals surface area contributed by atoms with Gasteiger partial charge in [-0.1, -0.05) is 0 Å². The van der Waals surface area contributed by atoms with Gasteiger partial charge in [-0.2, -0.15) is 0 Å². The number of pyridine rings is 1. The molecule has 2 aromatic rings. The summed E-state index contributed by atoms with van der Waals surface area (Å²) >= 11 is 1.37. The van der Waals surface area contributed by atoms with E-state index in [1.54, 1.807) is 13.0 Å². The normalized spacial score (nSPS) is 10.4. The minimum atomic E-state index is -0.342. The predicted octanol–water partition coefficient (Wildman–Crippen LogP) is 1.41. The molecule has 7 heteroatoms. The highest BCUT2D eigenvalue weighted by Gasteiger charge is 2.11. The van der Waals surface area contributed by atoms with Crippen molar-refractivity contribution in [1.82, 2.24) is 15.6 Å². The molecule has 0 aliphatic rings. The zero-order valence-electron chi connectivity index (χ0n) is 13.3. The number of thiophene rings is 1. The Hall–Kier alpha value is -2.41. The van der Waals surface area contributed by atoms with E-state index < -0.39 is 0 Å². The highest BCUT2D eigenvalue weighted by molar-refractivity contribution is 7.13. The van der Waals surface area contributed by atoms with Crippen LogP contribution in [0.4, 0.5) is 0 Å². The van der Waals surface area contributed by atoms with E-state index in [-0.39, 0.29) is 30.5 Å². The third-order valence-electron chi connectivity index (χ3n) is 3.33. The maximum absolute atomic E-state index is 11.9. The van der Waals surface area contributed by atoms with Crippen LogP contribution in [0.5, 0.6) is 0 Å². The van der Waals surface area contributed by atoms with Gasteiger partial charge >= 0.3 is 0 Å². The molecule has 0 unspecified atom stereocenters. The quantitative estimate of drug-likeness (QED) is 0.772. The minimum absolute atomic E-state index is 0.126. The fourth-order valence-electron chi connectivity index (χ4n) is 2.15. The summed E-state index contributed by atoms with van der Waals surface area (Å²) in [5, 5.41) is 5.20.